The second kappa shape index (κ2) is 7.51. The van der Waals surface area contributed by atoms with Gasteiger partial charge in [0.15, 0.2) is 0 Å². The lowest BCUT2D eigenvalue weighted by Crippen LogP contribution is -2.22. The summed E-state index contributed by atoms with van der Waals surface area (Å²) < 4.78 is 7.56. The van der Waals surface area contributed by atoms with Crippen LogP contribution in [-0.4, -0.2) is 15.3 Å². The average Bonchev–Trinajstić information content (AvgIpc) is 3.09. The molecule has 5 nitrogen and oxygen atoms in total. The van der Waals surface area contributed by atoms with E-state index in [2.05, 4.69) is 10.3 Å². The molecule has 2 aromatic heterocycles. The SMILES string of the molecule is O=C(NCc1cn2cc(Cl)ccc2n1)c1ccc(Oc2ccccc2)cc1. The molecule has 0 bridgehead atoms. The molecule has 4 aromatic rings. The third-order valence-corrected chi connectivity index (χ3v) is 4.21. The Balaban J connectivity index is 1.38. The number of carbonyl (C=O) groups excluding carboxylic acids is 1. The van der Waals surface area contributed by atoms with Crippen LogP contribution in [0, 0.1) is 0 Å². The lowest BCUT2D eigenvalue weighted by molar-refractivity contribution is 0.0950. The maximum absolute atomic E-state index is 12.3. The van der Waals surface area contributed by atoms with Crippen LogP contribution in [0.15, 0.2) is 79.1 Å². The Bertz CT molecular complexity index is 1080. The van der Waals surface area contributed by atoms with Crippen molar-refractivity contribution in [3.05, 3.63) is 95.4 Å². The van der Waals surface area contributed by atoms with Crippen molar-refractivity contribution in [2.45, 2.75) is 6.54 Å². The number of para-hydroxylation sites is 1. The Morgan fingerprint density at radius 3 is 2.48 bits per heavy atom. The smallest absolute Gasteiger partial charge is 0.251 e. The lowest BCUT2D eigenvalue weighted by Gasteiger charge is -2.07. The van der Waals surface area contributed by atoms with Crippen LogP contribution in [0.25, 0.3) is 5.65 Å². The molecule has 6 heteroatoms. The minimum atomic E-state index is -0.170. The molecule has 2 aromatic carbocycles. The second-order valence-corrected chi connectivity index (χ2v) is 6.40. The Morgan fingerprint density at radius 2 is 1.70 bits per heavy atom. The first-order valence-corrected chi connectivity index (χ1v) is 8.79. The maximum atomic E-state index is 12.3. The number of hydrogen-bond donors (Lipinski definition) is 1. The molecule has 0 saturated heterocycles. The summed E-state index contributed by atoms with van der Waals surface area (Å²) in [6.07, 6.45) is 3.62. The summed E-state index contributed by atoms with van der Waals surface area (Å²) in [6.45, 7) is 0.334. The number of nitrogens with one attached hydrogen (secondary N) is 1. The fraction of sp³-hybridized carbons (Fsp3) is 0.0476. The van der Waals surface area contributed by atoms with Crippen LogP contribution < -0.4 is 10.1 Å². The van der Waals surface area contributed by atoms with E-state index in [0.29, 0.717) is 22.9 Å². The van der Waals surface area contributed by atoms with Gasteiger partial charge in [0.05, 0.1) is 17.3 Å². The van der Waals surface area contributed by atoms with E-state index < -0.39 is 0 Å². The zero-order valence-electron chi connectivity index (χ0n) is 14.3. The molecule has 0 spiro atoms. The van der Waals surface area contributed by atoms with Crippen LogP contribution in [0.2, 0.25) is 5.02 Å². The number of aromatic nitrogens is 2. The summed E-state index contributed by atoms with van der Waals surface area (Å²) in [5.41, 5.74) is 2.10. The number of hydrogen-bond acceptors (Lipinski definition) is 3. The molecule has 1 amide bonds. The molecule has 0 aliphatic rings. The Labute approximate surface area is 161 Å². The monoisotopic (exact) mass is 377 g/mol. The summed E-state index contributed by atoms with van der Waals surface area (Å²) in [5.74, 6) is 1.26. The molecule has 0 fully saturated rings. The van der Waals surface area contributed by atoms with Gasteiger partial charge in [-0.1, -0.05) is 29.8 Å². The van der Waals surface area contributed by atoms with Gasteiger partial charge in [0.25, 0.3) is 5.91 Å². The molecule has 0 aliphatic carbocycles. The van der Waals surface area contributed by atoms with Crippen molar-refractivity contribution >= 4 is 23.2 Å². The van der Waals surface area contributed by atoms with E-state index in [9.17, 15) is 4.79 Å². The molecule has 0 atom stereocenters. The minimum absolute atomic E-state index is 0.170. The first-order chi connectivity index (χ1) is 13.2. The predicted octanol–water partition coefficient (Wildman–Crippen LogP) is 4.71. The highest BCUT2D eigenvalue weighted by Gasteiger charge is 2.08. The van der Waals surface area contributed by atoms with E-state index in [1.54, 1.807) is 36.5 Å². The number of amides is 1. The summed E-state index contributed by atoms with van der Waals surface area (Å²) in [7, 11) is 0. The minimum Gasteiger partial charge on any atom is -0.457 e. The van der Waals surface area contributed by atoms with Crippen molar-refractivity contribution < 1.29 is 9.53 Å². The van der Waals surface area contributed by atoms with Crippen molar-refractivity contribution in [3.8, 4) is 11.5 Å². The van der Waals surface area contributed by atoms with Gasteiger partial charge >= 0.3 is 0 Å². The predicted molar refractivity (Wildman–Crippen MR) is 104 cm³/mol. The Hall–Kier alpha value is -3.31. The zero-order valence-corrected chi connectivity index (χ0v) is 15.1. The number of pyridine rings is 1. The largest absolute Gasteiger partial charge is 0.457 e. The first-order valence-electron chi connectivity index (χ1n) is 8.42. The highest BCUT2D eigenvalue weighted by atomic mass is 35.5. The fourth-order valence-corrected chi connectivity index (χ4v) is 2.84. The van der Waals surface area contributed by atoms with Crippen LogP contribution in [0.5, 0.6) is 11.5 Å². The molecule has 1 N–H and O–H groups in total. The van der Waals surface area contributed by atoms with Crippen LogP contribution in [0.3, 0.4) is 0 Å². The summed E-state index contributed by atoms with van der Waals surface area (Å²) >= 11 is 5.97. The highest BCUT2D eigenvalue weighted by molar-refractivity contribution is 6.30. The van der Waals surface area contributed by atoms with Gasteiger partial charge in [0.2, 0.25) is 0 Å². The van der Waals surface area contributed by atoms with E-state index in [-0.39, 0.29) is 5.91 Å². The quantitative estimate of drug-likeness (QED) is 0.548. The van der Waals surface area contributed by atoms with Gasteiger partial charge in [-0.2, -0.15) is 0 Å². The number of halogens is 1. The standard InChI is InChI=1S/C21H16ClN3O2/c22-16-8-11-20-24-17(14-25(20)13-16)12-23-21(26)15-6-9-19(10-7-15)27-18-4-2-1-3-5-18/h1-11,13-14H,12H2,(H,23,26). The van der Waals surface area contributed by atoms with Gasteiger partial charge in [0.1, 0.15) is 17.1 Å². The summed E-state index contributed by atoms with van der Waals surface area (Å²) in [4.78, 5) is 16.8. The van der Waals surface area contributed by atoms with Gasteiger partial charge in [0, 0.05) is 18.0 Å². The molecular formula is C21H16ClN3O2. The van der Waals surface area contributed by atoms with E-state index in [1.807, 2.05) is 47.0 Å². The van der Waals surface area contributed by atoms with Gasteiger partial charge in [-0.05, 0) is 48.5 Å². The van der Waals surface area contributed by atoms with Gasteiger partial charge in [-0.3, -0.25) is 4.79 Å². The van der Waals surface area contributed by atoms with Gasteiger partial charge in [-0.25, -0.2) is 4.98 Å². The molecule has 0 aliphatic heterocycles. The van der Waals surface area contributed by atoms with Gasteiger partial charge in [-0.15, -0.1) is 0 Å². The zero-order chi connectivity index (χ0) is 18.6. The second-order valence-electron chi connectivity index (χ2n) is 5.97. The number of nitrogens with zero attached hydrogens (tertiary/aromatic N) is 2. The van der Waals surface area contributed by atoms with Crippen LogP contribution in [-0.2, 0) is 6.54 Å². The number of rotatable bonds is 5. The highest BCUT2D eigenvalue weighted by Crippen LogP contribution is 2.21. The topological polar surface area (TPSA) is 55.6 Å². The van der Waals surface area contributed by atoms with Crippen molar-refractivity contribution in [1.29, 1.82) is 0 Å². The van der Waals surface area contributed by atoms with Crippen molar-refractivity contribution in [3.63, 3.8) is 0 Å². The van der Waals surface area contributed by atoms with E-state index >= 15 is 0 Å². The molecule has 134 valence electrons. The third kappa shape index (κ3) is 4.10. The summed E-state index contributed by atoms with van der Waals surface area (Å²) in [5, 5.41) is 3.50. The maximum Gasteiger partial charge on any atom is 0.251 e. The molecule has 2 heterocycles. The summed E-state index contributed by atoms with van der Waals surface area (Å²) in [6, 6.07) is 20.1. The lowest BCUT2D eigenvalue weighted by atomic mass is 10.2. The van der Waals surface area contributed by atoms with Crippen LogP contribution in [0.4, 0.5) is 0 Å². The van der Waals surface area contributed by atoms with E-state index in [4.69, 9.17) is 16.3 Å². The molecule has 0 radical (unpaired) electrons. The molecule has 4 rings (SSSR count). The molecular weight excluding hydrogens is 362 g/mol. The number of ether oxygens (including phenoxy) is 1. The molecule has 27 heavy (non-hydrogen) atoms. The normalized spacial score (nSPS) is 10.7. The van der Waals surface area contributed by atoms with Crippen molar-refractivity contribution in [2.24, 2.45) is 0 Å². The van der Waals surface area contributed by atoms with Crippen molar-refractivity contribution in [1.82, 2.24) is 14.7 Å². The number of fused-ring (bicyclic) bond motifs is 1. The third-order valence-electron chi connectivity index (χ3n) is 3.99. The number of benzene rings is 2. The first kappa shape index (κ1) is 17.1. The van der Waals surface area contributed by atoms with Gasteiger partial charge < -0.3 is 14.5 Å². The molecule has 0 unspecified atom stereocenters. The van der Waals surface area contributed by atoms with Crippen molar-refractivity contribution in [2.75, 3.05) is 0 Å². The average molecular weight is 378 g/mol. The van der Waals surface area contributed by atoms with Crippen LogP contribution >= 0.6 is 11.6 Å². The molecule has 0 saturated carbocycles. The fourth-order valence-electron chi connectivity index (χ4n) is 2.67. The number of imidazole rings is 1. The number of carbonyl (C=O) groups is 1. The Kier molecular flexibility index (Phi) is 4.77. The Morgan fingerprint density at radius 1 is 0.963 bits per heavy atom. The van der Waals surface area contributed by atoms with E-state index in [1.165, 1.54) is 0 Å². The van der Waals surface area contributed by atoms with E-state index in [0.717, 1.165) is 17.1 Å². The van der Waals surface area contributed by atoms with Crippen LogP contribution in [0.1, 0.15) is 16.1 Å².